The Morgan fingerprint density at radius 2 is 0.939 bits per heavy atom. The van der Waals surface area contributed by atoms with E-state index in [4.69, 9.17) is 5.63 Å². The van der Waals surface area contributed by atoms with Gasteiger partial charge in [-0.2, -0.15) is 0 Å². The molecule has 2 aliphatic carbocycles. The van der Waals surface area contributed by atoms with Gasteiger partial charge in [-0.05, 0) is 0 Å². The number of rotatable bonds is 6. The fourth-order valence-corrected chi connectivity index (χ4v) is 15.0. The van der Waals surface area contributed by atoms with Gasteiger partial charge in [0.15, 0.2) is 0 Å². The van der Waals surface area contributed by atoms with E-state index in [1.807, 2.05) is 0 Å². The molecular weight excluding hydrogens is 498 g/mol. The number of halogens is 2. The molecule has 0 saturated heterocycles. The molecule has 5 heteroatoms. The molecule has 0 spiro atoms. The van der Waals surface area contributed by atoms with Crippen molar-refractivity contribution in [3.8, 4) is 11.5 Å². The molecule has 0 aliphatic heterocycles. The predicted octanol–water partition coefficient (Wildman–Crippen LogP) is 8.43. The maximum atomic E-state index is 14.9. The van der Waals surface area contributed by atoms with Gasteiger partial charge in [-0.3, -0.25) is 0 Å². The molecule has 33 heavy (non-hydrogen) atoms. The van der Waals surface area contributed by atoms with Crippen LogP contribution in [0, 0.1) is 11.6 Å². The molecule has 172 valence electrons. The van der Waals surface area contributed by atoms with Gasteiger partial charge in [0.05, 0.1) is 0 Å². The van der Waals surface area contributed by atoms with Crippen molar-refractivity contribution >= 4 is 0 Å². The summed E-state index contributed by atoms with van der Waals surface area (Å²) in [6.07, 6.45) is 1.40. The second kappa shape index (κ2) is 9.18. The summed E-state index contributed by atoms with van der Waals surface area (Å²) in [6, 6.07) is 12.9. The number of benzene rings is 2. The Hall–Kier alpha value is -2.26. The van der Waals surface area contributed by atoms with Crippen LogP contribution in [0.25, 0.3) is 0 Å². The fourth-order valence-electron chi connectivity index (χ4n) is 4.69. The SMILES string of the molecule is CC1=C(C)C(C)=[C]([Zr]([O]c2ccccc2F)([O]c2ccccc2F)[C]2=C(C)C(C)=C(C)C2)C1. The van der Waals surface area contributed by atoms with Gasteiger partial charge in [0.1, 0.15) is 0 Å². The van der Waals surface area contributed by atoms with Crippen molar-refractivity contribution in [2.75, 3.05) is 0 Å². The summed E-state index contributed by atoms with van der Waals surface area (Å²) in [7, 11) is 0. The van der Waals surface area contributed by atoms with Crippen LogP contribution >= 0.6 is 0 Å². The van der Waals surface area contributed by atoms with E-state index in [2.05, 4.69) is 41.5 Å². The van der Waals surface area contributed by atoms with Crippen molar-refractivity contribution in [3.63, 3.8) is 0 Å². The molecule has 0 heterocycles. The molecule has 0 aromatic heterocycles. The van der Waals surface area contributed by atoms with E-state index in [-0.39, 0.29) is 11.5 Å². The Morgan fingerprint density at radius 3 is 1.24 bits per heavy atom. The molecule has 0 bridgehead atoms. The van der Waals surface area contributed by atoms with E-state index in [0.717, 1.165) is 17.7 Å². The third kappa shape index (κ3) is 4.21. The molecule has 2 aromatic carbocycles. The predicted molar refractivity (Wildman–Crippen MR) is 125 cm³/mol. The summed E-state index contributed by atoms with van der Waals surface area (Å²) < 4.78 is 45.6. The zero-order valence-electron chi connectivity index (χ0n) is 20.1. The molecule has 0 radical (unpaired) electrons. The molecule has 2 aliphatic rings. The van der Waals surface area contributed by atoms with E-state index < -0.39 is 32.8 Å². The van der Waals surface area contributed by atoms with Crippen LogP contribution in [-0.4, -0.2) is 0 Å². The summed E-state index contributed by atoms with van der Waals surface area (Å²) in [5.74, 6) is -0.554. The number of allylic oxidation sites excluding steroid dienone is 8. The van der Waals surface area contributed by atoms with Crippen molar-refractivity contribution in [1.29, 1.82) is 0 Å². The first-order valence-corrected chi connectivity index (χ1v) is 15.7. The standard InChI is InChI=1S/2C8H11.2C6H5FO.Zr/c2*1-6-4-5-7(2)8(6)3;2*7-5-3-1-2-4-6(5)8;/h2*4H2,1-3H3;2*1-4,8H;/q;;;;+2/p-2. The zero-order chi connectivity index (χ0) is 23.9. The molecule has 0 saturated carbocycles. The summed E-state index contributed by atoms with van der Waals surface area (Å²) in [5, 5.41) is 0. The average Bonchev–Trinajstić information content (AvgIpc) is 3.21. The molecule has 2 aromatic rings. The van der Waals surface area contributed by atoms with Crippen molar-refractivity contribution < 1.29 is 35.6 Å². The minimum atomic E-state index is -4.64. The Bertz CT molecular complexity index is 1150. The van der Waals surface area contributed by atoms with Crippen molar-refractivity contribution in [2.24, 2.45) is 0 Å². The monoisotopic (exact) mass is 526 g/mol. The van der Waals surface area contributed by atoms with Crippen LogP contribution < -0.4 is 5.63 Å². The van der Waals surface area contributed by atoms with Gasteiger partial charge in [-0.25, -0.2) is 0 Å². The van der Waals surface area contributed by atoms with Crippen LogP contribution in [0.2, 0.25) is 0 Å². The summed E-state index contributed by atoms with van der Waals surface area (Å²) >= 11 is -4.64. The van der Waals surface area contributed by atoms with E-state index in [0.29, 0.717) is 12.8 Å². The Kier molecular flexibility index (Phi) is 6.64. The molecule has 2 nitrogen and oxygen atoms in total. The van der Waals surface area contributed by atoms with Gasteiger partial charge >= 0.3 is 202 Å². The van der Waals surface area contributed by atoms with Gasteiger partial charge in [-0.1, -0.05) is 0 Å². The summed E-state index contributed by atoms with van der Waals surface area (Å²) in [6.45, 7) is 12.6. The van der Waals surface area contributed by atoms with Crippen LogP contribution in [0.4, 0.5) is 8.78 Å². The summed E-state index contributed by atoms with van der Waals surface area (Å²) in [5.41, 5.74) is 7.15. The Balaban J connectivity index is 2.00. The van der Waals surface area contributed by atoms with Crippen molar-refractivity contribution in [1.82, 2.24) is 0 Å². The molecule has 0 amide bonds. The van der Waals surface area contributed by atoms with Gasteiger partial charge in [0.25, 0.3) is 0 Å². The first-order chi connectivity index (χ1) is 15.7. The summed E-state index contributed by atoms with van der Waals surface area (Å²) in [4.78, 5) is 0. The number of hydrogen-bond donors (Lipinski definition) is 0. The van der Waals surface area contributed by atoms with E-state index in [1.165, 1.54) is 34.4 Å². The second-order valence-corrected chi connectivity index (χ2v) is 16.1. The van der Waals surface area contributed by atoms with E-state index in [9.17, 15) is 8.78 Å². The van der Waals surface area contributed by atoms with Gasteiger partial charge in [0.2, 0.25) is 0 Å². The maximum absolute atomic E-state index is 14.9. The number of para-hydroxylation sites is 2. The molecule has 0 fully saturated rings. The van der Waals surface area contributed by atoms with Crippen LogP contribution in [0.3, 0.4) is 0 Å². The molecule has 0 unspecified atom stereocenters. The van der Waals surface area contributed by atoms with Crippen LogP contribution in [-0.2, 0) is 21.1 Å². The van der Waals surface area contributed by atoms with Gasteiger partial charge in [-0.15, -0.1) is 0 Å². The van der Waals surface area contributed by atoms with E-state index >= 15 is 0 Å². The van der Waals surface area contributed by atoms with Crippen LogP contribution in [0.5, 0.6) is 11.5 Å². The van der Waals surface area contributed by atoms with Crippen molar-refractivity contribution in [3.05, 3.63) is 100 Å². The average molecular weight is 528 g/mol. The zero-order valence-corrected chi connectivity index (χ0v) is 22.6. The Labute approximate surface area is 201 Å². The first-order valence-electron chi connectivity index (χ1n) is 11.3. The third-order valence-corrected chi connectivity index (χ3v) is 16.3. The minimum absolute atomic E-state index is 0.162. The van der Waals surface area contributed by atoms with Gasteiger partial charge in [0, 0.05) is 0 Å². The molecule has 0 atom stereocenters. The van der Waals surface area contributed by atoms with E-state index in [1.54, 1.807) is 36.4 Å². The number of hydrogen-bond acceptors (Lipinski definition) is 2. The molecular formula is C28H30F2O2Zr. The quantitative estimate of drug-likeness (QED) is 0.375. The van der Waals surface area contributed by atoms with Crippen molar-refractivity contribution in [2.45, 2.75) is 54.4 Å². The third-order valence-electron chi connectivity index (χ3n) is 7.17. The molecule has 0 N–H and O–H groups in total. The van der Waals surface area contributed by atoms with Crippen LogP contribution in [0.15, 0.2) is 88.5 Å². The van der Waals surface area contributed by atoms with Crippen LogP contribution in [0.1, 0.15) is 54.4 Å². The molecule has 4 rings (SSSR count). The normalized spacial score (nSPS) is 17.0. The first kappa shape index (κ1) is 23.9. The fraction of sp³-hybridized carbons (Fsp3) is 0.286. The topological polar surface area (TPSA) is 18.5 Å². The Morgan fingerprint density at radius 1 is 0.576 bits per heavy atom. The van der Waals surface area contributed by atoms with Gasteiger partial charge < -0.3 is 0 Å². The second-order valence-electron chi connectivity index (χ2n) is 9.05.